The van der Waals surface area contributed by atoms with Gasteiger partial charge in [0.1, 0.15) is 17.0 Å². The van der Waals surface area contributed by atoms with E-state index in [4.69, 9.17) is 20.8 Å². The van der Waals surface area contributed by atoms with Gasteiger partial charge in [-0.15, -0.1) is 0 Å². The summed E-state index contributed by atoms with van der Waals surface area (Å²) in [7, 11) is 0. The highest BCUT2D eigenvalue weighted by atomic mass is 79.9. The second kappa shape index (κ2) is 8.65. The van der Waals surface area contributed by atoms with Crippen LogP contribution in [0.2, 0.25) is 5.02 Å². The average molecular weight is 480 g/mol. The zero-order chi connectivity index (χ0) is 20.4. The number of halogens is 3. The number of amides is 1. The third-order valence-electron chi connectivity index (χ3n) is 4.60. The summed E-state index contributed by atoms with van der Waals surface area (Å²) < 4.78 is 25.9. The van der Waals surface area contributed by atoms with Crippen LogP contribution >= 0.6 is 27.5 Å². The second-order valence-electron chi connectivity index (χ2n) is 6.70. The minimum absolute atomic E-state index is 0.00328. The highest BCUT2D eigenvalue weighted by molar-refractivity contribution is 9.10. The van der Waals surface area contributed by atoms with Gasteiger partial charge in [0.15, 0.2) is 0 Å². The van der Waals surface area contributed by atoms with Crippen molar-refractivity contribution in [3.8, 4) is 0 Å². The highest BCUT2D eigenvalue weighted by Gasteiger charge is 2.19. The van der Waals surface area contributed by atoms with E-state index in [2.05, 4.69) is 26.2 Å². The van der Waals surface area contributed by atoms with Gasteiger partial charge in [-0.1, -0.05) is 27.5 Å². The fourth-order valence-corrected chi connectivity index (χ4v) is 3.67. The first-order valence-corrected chi connectivity index (χ1v) is 10.3. The van der Waals surface area contributed by atoms with Crippen LogP contribution in [0.25, 0.3) is 11.0 Å². The summed E-state index contributed by atoms with van der Waals surface area (Å²) in [5.41, 5.74) is 1.00. The van der Waals surface area contributed by atoms with Crippen molar-refractivity contribution in [2.45, 2.75) is 18.9 Å². The lowest BCUT2D eigenvalue weighted by atomic mass is 10.1. The molecule has 8 heteroatoms. The van der Waals surface area contributed by atoms with Gasteiger partial charge in [-0.25, -0.2) is 9.38 Å². The van der Waals surface area contributed by atoms with Crippen molar-refractivity contribution in [2.24, 2.45) is 4.99 Å². The topological polar surface area (TPSA) is 63.8 Å². The number of hydrogen-bond acceptors (Lipinski definition) is 4. The molecule has 4 rings (SSSR count). The Labute approximate surface area is 179 Å². The summed E-state index contributed by atoms with van der Waals surface area (Å²) in [6.45, 7) is 1.11. The first-order valence-electron chi connectivity index (χ1n) is 9.12. The lowest BCUT2D eigenvalue weighted by molar-refractivity contribution is 0.0854. The molecule has 2 aromatic carbocycles. The fourth-order valence-electron chi connectivity index (χ4n) is 3.14. The molecule has 3 aromatic rings. The third-order valence-corrected chi connectivity index (χ3v) is 5.41. The van der Waals surface area contributed by atoms with E-state index >= 15 is 0 Å². The Kier molecular flexibility index (Phi) is 5.99. The molecule has 29 heavy (non-hydrogen) atoms. The maximum Gasteiger partial charge on any atom is 0.256 e. The monoisotopic (exact) mass is 478 g/mol. The summed E-state index contributed by atoms with van der Waals surface area (Å²) in [5.74, 6) is -0.834. The van der Waals surface area contributed by atoms with Gasteiger partial charge in [0.2, 0.25) is 5.55 Å². The molecule has 0 bridgehead atoms. The zero-order valence-electron chi connectivity index (χ0n) is 15.3. The van der Waals surface area contributed by atoms with Crippen LogP contribution < -0.4 is 10.9 Å². The molecule has 1 atom stereocenters. The summed E-state index contributed by atoms with van der Waals surface area (Å²) in [6, 6.07) is 11.0. The van der Waals surface area contributed by atoms with Crippen molar-refractivity contribution in [3.63, 3.8) is 0 Å². The lowest BCUT2D eigenvalue weighted by Gasteiger charge is -2.11. The first-order chi connectivity index (χ1) is 14.0. The van der Waals surface area contributed by atoms with Crippen molar-refractivity contribution < 1.29 is 18.3 Å². The van der Waals surface area contributed by atoms with Gasteiger partial charge < -0.3 is 14.5 Å². The zero-order valence-corrected chi connectivity index (χ0v) is 17.6. The fraction of sp³-hybridized carbons (Fsp3) is 0.238. The van der Waals surface area contributed by atoms with Crippen LogP contribution in [-0.2, 0) is 4.74 Å². The minimum Gasteiger partial charge on any atom is -0.438 e. The van der Waals surface area contributed by atoms with Gasteiger partial charge in [-0.05, 0) is 49.2 Å². The largest absolute Gasteiger partial charge is 0.438 e. The Bertz CT molecular complexity index is 1140. The van der Waals surface area contributed by atoms with Crippen LogP contribution in [0.5, 0.6) is 0 Å². The molecule has 0 unspecified atom stereocenters. The Morgan fingerprint density at radius 2 is 2.14 bits per heavy atom. The molecule has 2 heterocycles. The SMILES string of the molecule is O=C(NC[C@H]1CCCO1)c1cc2cc(Br)ccc2oc1=Nc1cc(F)ccc1Cl. The molecule has 1 amide bonds. The number of fused-ring (bicyclic) bond motifs is 1. The van der Waals surface area contributed by atoms with Gasteiger partial charge in [-0.3, -0.25) is 4.79 Å². The van der Waals surface area contributed by atoms with Gasteiger partial charge in [-0.2, -0.15) is 0 Å². The molecule has 5 nitrogen and oxygen atoms in total. The number of carbonyl (C=O) groups is 1. The highest BCUT2D eigenvalue weighted by Crippen LogP contribution is 2.26. The molecular weight excluding hydrogens is 463 g/mol. The predicted octanol–water partition coefficient (Wildman–Crippen LogP) is 5.13. The predicted molar refractivity (Wildman–Crippen MR) is 112 cm³/mol. The molecule has 150 valence electrons. The van der Waals surface area contributed by atoms with Gasteiger partial charge in [0.25, 0.3) is 5.91 Å². The van der Waals surface area contributed by atoms with Gasteiger partial charge in [0, 0.05) is 29.1 Å². The number of benzene rings is 2. The first kappa shape index (κ1) is 20.1. The average Bonchev–Trinajstić information content (AvgIpc) is 3.22. The molecule has 1 aliphatic heterocycles. The van der Waals surface area contributed by atoms with E-state index in [0.29, 0.717) is 18.7 Å². The van der Waals surface area contributed by atoms with E-state index in [9.17, 15) is 9.18 Å². The van der Waals surface area contributed by atoms with Crippen molar-refractivity contribution in [2.75, 3.05) is 13.2 Å². The van der Waals surface area contributed by atoms with Gasteiger partial charge >= 0.3 is 0 Å². The van der Waals surface area contributed by atoms with E-state index in [-0.39, 0.29) is 33.8 Å². The molecule has 0 spiro atoms. The lowest BCUT2D eigenvalue weighted by Crippen LogP contribution is -2.34. The number of nitrogens with zero attached hydrogens (tertiary/aromatic N) is 1. The quantitative estimate of drug-likeness (QED) is 0.564. The van der Waals surface area contributed by atoms with Crippen molar-refractivity contribution in [3.05, 3.63) is 68.9 Å². The van der Waals surface area contributed by atoms with E-state index in [1.807, 2.05) is 12.1 Å². The third kappa shape index (κ3) is 4.69. The van der Waals surface area contributed by atoms with E-state index < -0.39 is 5.82 Å². The standard InChI is InChI=1S/C21H17BrClFN2O3/c22-13-3-6-19-12(8-13)9-16(20(27)25-11-15-2-1-7-28-15)21(29-19)26-18-10-14(24)4-5-17(18)23/h3-6,8-10,15H,1-2,7,11H2,(H,25,27)/t15-/m1/s1. The summed E-state index contributed by atoms with van der Waals surface area (Å²) in [4.78, 5) is 17.2. The van der Waals surface area contributed by atoms with Gasteiger partial charge in [0.05, 0.1) is 16.8 Å². The molecule has 1 N–H and O–H groups in total. The van der Waals surface area contributed by atoms with Crippen LogP contribution in [0.3, 0.4) is 0 Å². The molecular formula is C21H17BrClFN2O3. The van der Waals surface area contributed by atoms with Crippen molar-refractivity contribution in [1.82, 2.24) is 5.32 Å². The summed E-state index contributed by atoms with van der Waals surface area (Å²) in [5, 5.41) is 3.85. The molecule has 1 aliphatic rings. The number of carbonyl (C=O) groups excluding carboxylic acids is 1. The molecule has 1 saturated heterocycles. The van der Waals surface area contributed by atoms with E-state index in [0.717, 1.165) is 22.7 Å². The summed E-state index contributed by atoms with van der Waals surface area (Å²) in [6.07, 6.45) is 1.90. The molecule has 1 fully saturated rings. The summed E-state index contributed by atoms with van der Waals surface area (Å²) >= 11 is 9.56. The number of nitrogens with one attached hydrogen (secondary N) is 1. The Morgan fingerprint density at radius 3 is 2.93 bits per heavy atom. The second-order valence-corrected chi connectivity index (χ2v) is 8.02. The molecule has 0 saturated carbocycles. The van der Waals surface area contributed by atoms with Crippen LogP contribution in [0.1, 0.15) is 23.2 Å². The number of ether oxygens (including phenoxy) is 1. The number of rotatable bonds is 4. The van der Waals surface area contributed by atoms with Crippen LogP contribution in [-0.4, -0.2) is 25.2 Å². The normalized spacial score (nSPS) is 17.1. The molecule has 0 aliphatic carbocycles. The molecule has 1 aromatic heterocycles. The maximum atomic E-state index is 13.7. The van der Waals surface area contributed by atoms with Crippen LogP contribution in [0, 0.1) is 5.82 Å². The Morgan fingerprint density at radius 1 is 1.28 bits per heavy atom. The van der Waals surface area contributed by atoms with E-state index in [1.165, 1.54) is 18.2 Å². The van der Waals surface area contributed by atoms with Crippen LogP contribution in [0.4, 0.5) is 10.1 Å². The van der Waals surface area contributed by atoms with Crippen molar-refractivity contribution >= 4 is 50.1 Å². The smallest absolute Gasteiger partial charge is 0.256 e. The Hall–Kier alpha value is -2.22. The van der Waals surface area contributed by atoms with E-state index in [1.54, 1.807) is 12.1 Å². The van der Waals surface area contributed by atoms with Crippen molar-refractivity contribution in [1.29, 1.82) is 0 Å². The van der Waals surface area contributed by atoms with Crippen LogP contribution in [0.15, 0.2) is 56.3 Å². The Balaban J connectivity index is 1.79. The maximum absolute atomic E-state index is 13.7. The minimum atomic E-state index is -0.484. The molecule has 0 radical (unpaired) electrons. The number of hydrogen-bond donors (Lipinski definition) is 1.